The van der Waals surface area contributed by atoms with Crippen LogP contribution in [0.3, 0.4) is 0 Å². The summed E-state index contributed by atoms with van der Waals surface area (Å²) in [5.74, 6) is 0.695. The van der Waals surface area contributed by atoms with Crippen LogP contribution in [0.15, 0.2) is 54.6 Å². The van der Waals surface area contributed by atoms with Crippen LogP contribution in [-0.4, -0.2) is 30.1 Å². The minimum Gasteiger partial charge on any atom is -0.482 e. The van der Waals surface area contributed by atoms with Crippen molar-refractivity contribution >= 4 is 11.9 Å². The summed E-state index contributed by atoms with van der Waals surface area (Å²) in [4.78, 5) is 24.4. The van der Waals surface area contributed by atoms with E-state index in [-0.39, 0.29) is 6.61 Å². The van der Waals surface area contributed by atoms with Crippen molar-refractivity contribution in [3.05, 3.63) is 54.6 Å². The van der Waals surface area contributed by atoms with E-state index in [4.69, 9.17) is 14.2 Å². The van der Waals surface area contributed by atoms with Gasteiger partial charge in [0.25, 0.3) is 5.91 Å². The molecule has 0 radical (unpaired) electrons. The highest BCUT2D eigenvalue weighted by Crippen LogP contribution is 2.28. The van der Waals surface area contributed by atoms with E-state index in [9.17, 15) is 14.9 Å². The molecule has 7 nitrogen and oxygen atoms in total. The van der Waals surface area contributed by atoms with Crippen LogP contribution in [0.1, 0.15) is 39.0 Å². The highest BCUT2D eigenvalue weighted by molar-refractivity contribution is 5.84. The molecule has 0 saturated heterocycles. The Kier molecular flexibility index (Phi) is 7.50. The molecule has 0 heterocycles. The predicted octanol–water partition coefficient (Wildman–Crippen LogP) is 4.13. The van der Waals surface area contributed by atoms with E-state index in [1.54, 1.807) is 24.3 Å². The molecule has 1 aliphatic carbocycles. The number of nitrogens with zero attached hydrogens (tertiary/aromatic N) is 1. The van der Waals surface area contributed by atoms with E-state index in [2.05, 4.69) is 11.4 Å². The second kappa shape index (κ2) is 10.5. The Bertz CT molecular complexity index is 915. The average molecular weight is 422 g/mol. The number of para-hydroxylation sites is 1. The Hall–Kier alpha value is -3.53. The van der Waals surface area contributed by atoms with Crippen molar-refractivity contribution in [3.63, 3.8) is 0 Å². The van der Waals surface area contributed by atoms with Crippen LogP contribution < -0.4 is 14.8 Å². The number of hydrogen-bond acceptors (Lipinski definition) is 6. The average Bonchev–Trinajstić information content (AvgIpc) is 2.80. The zero-order chi connectivity index (χ0) is 22.1. The summed E-state index contributed by atoms with van der Waals surface area (Å²) in [7, 11) is 0. The fraction of sp³-hybridized carbons (Fsp3) is 0.375. The number of carbonyl (C=O) groups excluding carboxylic acids is 2. The normalized spacial score (nSPS) is 15.7. The summed E-state index contributed by atoms with van der Waals surface area (Å²) < 4.78 is 16.3. The van der Waals surface area contributed by atoms with Gasteiger partial charge >= 0.3 is 5.97 Å². The zero-order valence-electron chi connectivity index (χ0n) is 17.5. The van der Waals surface area contributed by atoms with E-state index >= 15 is 0 Å². The van der Waals surface area contributed by atoms with Crippen molar-refractivity contribution < 1.29 is 23.8 Å². The lowest BCUT2D eigenvalue weighted by atomic mass is 9.83. The van der Waals surface area contributed by atoms with E-state index in [0.29, 0.717) is 24.3 Å². The van der Waals surface area contributed by atoms with Gasteiger partial charge in [0.15, 0.2) is 12.7 Å². The maximum Gasteiger partial charge on any atom is 0.344 e. The minimum absolute atomic E-state index is 0.333. The third kappa shape index (κ3) is 6.48. The Morgan fingerprint density at radius 2 is 1.61 bits per heavy atom. The fourth-order valence-corrected chi connectivity index (χ4v) is 3.41. The first kappa shape index (κ1) is 22.2. The highest BCUT2D eigenvalue weighted by Gasteiger charge is 2.35. The highest BCUT2D eigenvalue weighted by atomic mass is 16.6. The van der Waals surface area contributed by atoms with E-state index in [1.807, 2.05) is 30.3 Å². The van der Waals surface area contributed by atoms with Crippen molar-refractivity contribution in [2.45, 2.75) is 50.7 Å². The largest absolute Gasteiger partial charge is 0.482 e. The Morgan fingerprint density at radius 1 is 1.00 bits per heavy atom. The smallest absolute Gasteiger partial charge is 0.344 e. The number of nitriles is 1. The maximum atomic E-state index is 12.4. The van der Waals surface area contributed by atoms with Gasteiger partial charge in [0.1, 0.15) is 22.8 Å². The first-order chi connectivity index (χ1) is 15.0. The number of benzene rings is 2. The van der Waals surface area contributed by atoms with Crippen LogP contribution in [-0.2, 0) is 14.3 Å². The molecule has 7 heteroatoms. The predicted molar refractivity (Wildman–Crippen MR) is 114 cm³/mol. The summed E-state index contributed by atoms with van der Waals surface area (Å²) in [5.41, 5.74) is -0.865. The molecule has 162 valence electrons. The van der Waals surface area contributed by atoms with Gasteiger partial charge in [0.2, 0.25) is 0 Å². The van der Waals surface area contributed by atoms with Gasteiger partial charge in [-0.1, -0.05) is 37.5 Å². The van der Waals surface area contributed by atoms with E-state index in [1.165, 1.54) is 6.92 Å². The third-order valence-corrected chi connectivity index (χ3v) is 5.12. The SMILES string of the molecule is CC(OC(=O)COc1ccc(Oc2ccccc2)cc1)C(=O)NC1(C#N)CCCCC1. The second-order valence-electron chi connectivity index (χ2n) is 7.55. The Morgan fingerprint density at radius 3 is 2.26 bits per heavy atom. The summed E-state index contributed by atoms with van der Waals surface area (Å²) in [6, 6.07) is 18.4. The number of esters is 1. The lowest BCUT2D eigenvalue weighted by molar-refractivity contribution is -0.157. The Balaban J connectivity index is 1.44. The molecule has 2 aromatic rings. The molecule has 31 heavy (non-hydrogen) atoms. The number of rotatable bonds is 8. The van der Waals surface area contributed by atoms with Crippen molar-refractivity contribution in [1.29, 1.82) is 5.26 Å². The molecule has 1 aliphatic rings. The Labute approximate surface area is 181 Å². The number of nitrogens with one attached hydrogen (secondary N) is 1. The molecule has 0 aliphatic heterocycles. The van der Waals surface area contributed by atoms with Crippen molar-refractivity contribution in [3.8, 4) is 23.3 Å². The van der Waals surface area contributed by atoms with Crippen molar-refractivity contribution in [2.75, 3.05) is 6.61 Å². The van der Waals surface area contributed by atoms with Crippen LogP contribution in [0, 0.1) is 11.3 Å². The van der Waals surface area contributed by atoms with Crippen LogP contribution in [0.4, 0.5) is 0 Å². The van der Waals surface area contributed by atoms with Crippen LogP contribution in [0.2, 0.25) is 0 Å². The number of hydrogen-bond donors (Lipinski definition) is 1. The maximum absolute atomic E-state index is 12.4. The van der Waals surface area contributed by atoms with Crippen molar-refractivity contribution in [2.24, 2.45) is 0 Å². The summed E-state index contributed by atoms with van der Waals surface area (Å²) >= 11 is 0. The molecule has 0 bridgehead atoms. The standard InChI is InChI=1S/C24H26N2O5/c1-18(23(28)26-24(17-25)14-6-3-7-15-24)30-22(27)16-29-19-10-12-21(13-11-19)31-20-8-4-2-5-9-20/h2,4-5,8-13,18H,3,6-7,14-16H2,1H3,(H,26,28). The quantitative estimate of drug-likeness (QED) is 0.643. The molecule has 0 aromatic heterocycles. The number of carbonyl (C=O) groups is 2. The molecular formula is C24H26N2O5. The lowest BCUT2D eigenvalue weighted by Gasteiger charge is -2.32. The molecular weight excluding hydrogens is 396 g/mol. The summed E-state index contributed by atoms with van der Waals surface area (Å²) in [6.45, 7) is 1.15. The first-order valence-electron chi connectivity index (χ1n) is 10.4. The van der Waals surface area contributed by atoms with Gasteiger partial charge in [-0.15, -0.1) is 0 Å². The molecule has 0 spiro atoms. The zero-order valence-corrected chi connectivity index (χ0v) is 17.5. The molecule has 1 saturated carbocycles. The van der Waals surface area contributed by atoms with E-state index in [0.717, 1.165) is 25.0 Å². The third-order valence-electron chi connectivity index (χ3n) is 5.12. The molecule has 1 N–H and O–H groups in total. The first-order valence-corrected chi connectivity index (χ1v) is 10.4. The monoisotopic (exact) mass is 422 g/mol. The van der Waals surface area contributed by atoms with Crippen LogP contribution >= 0.6 is 0 Å². The molecule has 1 amide bonds. The number of ether oxygens (including phenoxy) is 3. The summed E-state index contributed by atoms with van der Waals surface area (Å²) in [6.07, 6.45) is 3.06. The lowest BCUT2D eigenvalue weighted by Crippen LogP contribution is -2.52. The van der Waals surface area contributed by atoms with Gasteiger partial charge in [0, 0.05) is 0 Å². The van der Waals surface area contributed by atoms with Gasteiger partial charge in [-0.25, -0.2) is 4.79 Å². The summed E-state index contributed by atoms with van der Waals surface area (Å²) in [5, 5.41) is 12.2. The second-order valence-corrected chi connectivity index (χ2v) is 7.55. The van der Waals surface area contributed by atoms with Gasteiger partial charge in [0.05, 0.1) is 6.07 Å². The van der Waals surface area contributed by atoms with Gasteiger partial charge in [-0.3, -0.25) is 4.79 Å². The van der Waals surface area contributed by atoms with Gasteiger partial charge in [-0.2, -0.15) is 5.26 Å². The fourth-order valence-electron chi connectivity index (χ4n) is 3.41. The molecule has 1 unspecified atom stereocenters. The molecule has 1 atom stereocenters. The molecule has 1 fully saturated rings. The van der Waals surface area contributed by atoms with Gasteiger partial charge in [-0.05, 0) is 56.2 Å². The van der Waals surface area contributed by atoms with Crippen LogP contribution in [0.25, 0.3) is 0 Å². The minimum atomic E-state index is -1.01. The van der Waals surface area contributed by atoms with Crippen LogP contribution in [0.5, 0.6) is 17.2 Å². The van der Waals surface area contributed by atoms with Crippen molar-refractivity contribution in [1.82, 2.24) is 5.32 Å². The van der Waals surface area contributed by atoms with Gasteiger partial charge < -0.3 is 19.5 Å². The number of amides is 1. The molecule has 2 aromatic carbocycles. The topological polar surface area (TPSA) is 97.7 Å². The van der Waals surface area contributed by atoms with E-state index < -0.39 is 23.5 Å². The molecule has 3 rings (SSSR count).